The third kappa shape index (κ3) is 1.79. The van der Waals surface area contributed by atoms with Gasteiger partial charge < -0.3 is 10.4 Å². The maximum atomic E-state index is 9.63. The lowest BCUT2D eigenvalue weighted by Crippen LogP contribution is -2.12. The van der Waals surface area contributed by atoms with Gasteiger partial charge in [-0.25, -0.2) is 0 Å². The van der Waals surface area contributed by atoms with Crippen LogP contribution in [-0.4, -0.2) is 11.7 Å². The van der Waals surface area contributed by atoms with E-state index >= 15 is 0 Å². The number of halogens is 1. The highest BCUT2D eigenvalue weighted by Crippen LogP contribution is 2.31. The summed E-state index contributed by atoms with van der Waals surface area (Å²) < 4.78 is 0. The van der Waals surface area contributed by atoms with Crippen molar-refractivity contribution in [2.45, 2.75) is 18.9 Å². The lowest BCUT2D eigenvalue weighted by atomic mass is 10.0. The van der Waals surface area contributed by atoms with Crippen LogP contribution in [0.4, 0.5) is 0 Å². The van der Waals surface area contributed by atoms with E-state index in [4.69, 9.17) is 11.6 Å². The molecule has 2 rings (SSSR count). The molecule has 0 spiro atoms. The summed E-state index contributed by atoms with van der Waals surface area (Å²) in [6.45, 7) is 1.03. The molecule has 1 unspecified atom stereocenters. The van der Waals surface area contributed by atoms with Crippen molar-refractivity contribution in [3.8, 4) is 5.75 Å². The van der Waals surface area contributed by atoms with Crippen LogP contribution in [0.25, 0.3) is 0 Å². The molecule has 0 aromatic heterocycles. The van der Waals surface area contributed by atoms with Crippen LogP contribution < -0.4 is 5.32 Å². The molecule has 3 heteroatoms. The van der Waals surface area contributed by atoms with Gasteiger partial charge in [0.25, 0.3) is 0 Å². The predicted molar refractivity (Wildman–Crippen MR) is 53.1 cm³/mol. The average molecular weight is 198 g/mol. The third-order valence-electron chi connectivity index (χ3n) is 2.43. The number of phenolic OH excluding ortho intramolecular Hbond substituents is 1. The number of rotatable bonds is 1. The van der Waals surface area contributed by atoms with Crippen molar-refractivity contribution in [1.82, 2.24) is 5.32 Å². The minimum absolute atomic E-state index is 0.298. The molecule has 2 N–H and O–H groups in total. The number of hydrogen-bond donors (Lipinski definition) is 2. The van der Waals surface area contributed by atoms with Gasteiger partial charge >= 0.3 is 0 Å². The molecule has 1 aromatic rings. The highest BCUT2D eigenvalue weighted by atomic mass is 35.5. The Morgan fingerprint density at radius 1 is 1.46 bits per heavy atom. The van der Waals surface area contributed by atoms with Crippen LogP contribution in [0.15, 0.2) is 18.2 Å². The summed E-state index contributed by atoms with van der Waals surface area (Å²) in [5.74, 6) is 0.298. The van der Waals surface area contributed by atoms with Crippen molar-refractivity contribution >= 4 is 11.6 Å². The largest absolute Gasteiger partial charge is 0.508 e. The van der Waals surface area contributed by atoms with E-state index in [9.17, 15) is 5.11 Å². The SMILES string of the molecule is Oc1cc(Cl)ccc1C1CCCN1. The van der Waals surface area contributed by atoms with E-state index in [0.717, 1.165) is 18.5 Å². The Balaban J connectivity index is 2.29. The summed E-state index contributed by atoms with van der Waals surface area (Å²) in [4.78, 5) is 0. The summed E-state index contributed by atoms with van der Waals surface area (Å²) in [5, 5.41) is 13.5. The van der Waals surface area contributed by atoms with Gasteiger partial charge in [-0.05, 0) is 31.5 Å². The van der Waals surface area contributed by atoms with Crippen LogP contribution >= 0.6 is 11.6 Å². The van der Waals surface area contributed by atoms with E-state index in [1.807, 2.05) is 12.1 Å². The van der Waals surface area contributed by atoms with E-state index in [1.54, 1.807) is 6.07 Å². The summed E-state index contributed by atoms with van der Waals surface area (Å²) in [7, 11) is 0. The Bertz CT molecular complexity index is 308. The molecule has 0 amide bonds. The molecule has 13 heavy (non-hydrogen) atoms. The van der Waals surface area contributed by atoms with Gasteiger partial charge in [0, 0.05) is 16.6 Å². The highest BCUT2D eigenvalue weighted by Gasteiger charge is 2.18. The number of aromatic hydroxyl groups is 1. The summed E-state index contributed by atoms with van der Waals surface area (Å²) in [6, 6.07) is 5.60. The lowest BCUT2D eigenvalue weighted by Gasteiger charge is -2.12. The molecule has 0 bridgehead atoms. The van der Waals surface area contributed by atoms with Crippen molar-refractivity contribution in [2.75, 3.05) is 6.54 Å². The van der Waals surface area contributed by atoms with Gasteiger partial charge in [0.15, 0.2) is 0 Å². The smallest absolute Gasteiger partial charge is 0.121 e. The van der Waals surface area contributed by atoms with Gasteiger partial charge in [0.2, 0.25) is 0 Å². The fourth-order valence-electron chi connectivity index (χ4n) is 1.76. The number of benzene rings is 1. The predicted octanol–water partition coefficient (Wildman–Crippen LogP) is 2.47. The van der Waals surface area contributed by atoms with Gasteiger partial charge in [0.05, 0.1) is 0 Å². The van der Waals surface area contributed by atoms with Gasteiger partial charge in [-0.1, -0.05) is 17.7 Å². The molecule has 1 saturated heterocycles. The minimum Gasteiger partial charge on any atom is -0.508 e. The summed E-state index contributed by atoms with van der Waals surface area (Å²) in [6.07, 6.45) is 2.27. The highest BCUT2D eigenvalue weighted by molar-refractivity contribution is 6.30. The van der Waals surface area contributed by atoms with Crippen molar-refractivity contribution < 1.29 is 5.11 Å². The van der Waals surface area contributed by atoms with E-state index < -0.39 is 0 Å². The molecule has 1 atom stereocenters. The first-order valence-electron chi connectivity index (χ1n) is 4.49. The maximum Gasteiger partial charge on any atom is 0.121 e. The van der Waals surface area contributed by atoms with Crippen LogP contribution in [0.1, 0.15) is 24.4 Å². The zero-order valence-corrected chi connectivity index (χ0v) is 8.01. The Morgan fingerprint density at radius 2 is 2.31 bits per heavy atom. The minimum atomic E-state index is 0.298. The molecule has 70 valence electrons. The summed E-state index contributed by atoms with van der Waals surface area (Å²) >= 11 is 5.74. The molecule has 0 aliphatic carbocycles. The molecule has 1 heterocycles. The Labute approximate surface area is 82.5 Å². The second-order valence-electron chi connectivity index (χ2n) is 3.35. The fourth-order valence-corrected chi connectivity index (χ4v) is 1.93. The van der Waals surface area contributed by atoms with Crippen LogP contribution in [-0.2, 0) is 0 Å². The second-order valence-corrected chi connectivity index (χ2v) is 3.79. The number of phenols is 1. The molecule has 1 aromatic carbocycles. The number of nitrogens with one attached hydrogen (secondary N) is 1. The topological polar surface area (TPSA) is 32.3 Å². The van der Waals surface area contributed by atoms with Crippen molar-refractivity contribution in [2.24, 2.45) is 0 Å². The van der Waals surface area contributed by atoms with Gasteiger partial charge in [0.1, 0.15) is 5.75 Å². The molecular formula is C10H12ClNO. The molecule has 0 saturated carbocycles. The number of hydrogen-bond acceptors (Lipinski definition) is 2. The third-order valence-corrected chi connectivity index (χ3v) is 2.66. The molecule has 2 nitrogen and oxygen atoms in total. The normalized spacial score (nSPS) is 22.1. The Kier molecular flexibility index (Phi) is 2.42. The van der Waals surface area contributed by atoms with Gasteiger partial charge in [-0.3, -0.25) is 0 Å². The van der Waals surface area contributed by atoms with E-state index in [2.05, 4.69) is 5.32 Å². The quantitative estimate of drug-likeness (QED) is 0.725. The van der Waals surface area contributed by atoms with E-state index in [-0.39, 0.29) is 0 Å². The Hall–Kier alpha value is -0.730. The Morgan fingerprint density at radius 3 is 2.92 bits per heavy atom. The van der Waals surface area contributed by atoms with Crippen molar-refractivity contribution in [3.05, 3.63) is 28.8 Å². The zero-order chi connectivity index (χ0) is 9.26. The second kappa shape index (κ2) is 3.56. The zero-order valence-electron chi connectivity index (χ0n) is 7.26. The molecule has 1 fully saturated rings. The average Bonchev–Trinajstić information content (AvgIpc) is 2.56. The van der Waals surface area contributed by atoms with Crippen molar-refractivity contribution in [1.29, 1.82) is 0 Å². The molecule has 1 aliphatic rings. The molecular weight excluding hydrogens is 186 g/mol. The molecule has 0 radical (unpaired) electrons. The van der Waals surface area contributed by atoms with Crippen LogP contribution in [0.3, 0.4) is 0 Å². The first-order chi connectivity index (χ1) is 6.27. The standard InChI is InChI=1S/C10H12ClNO/c11-7-3-4-8(10(13)6-7)9-2-1-5-12-9/h3-4,6,9,12-13H,1-2,5H2. The van der Waals surface area contributed by atoms with E-state index in [1.165, 1.54) is 6.42 Å². The van der Waals surface area contributed by atoms with Crippen LogP contribution in [0, 0.1) is 0 Å². The van der Waals surface area contributed by atoms with E-state index in [0.29, 0.717) is 16.8 Å². The molecule has 1 aliphatic heterocycles. The van der Waals surface area contributed by atoms with Gasteiger partial charge in [-0.15, -0.1) is 0 Å². The van der Waals surface area contributed by atoms with Crippen LogP contribution in [0.5, 0.6) is 5.75 Å². The first kappa shape index (κ1) is 8.85. The van der Waals surface area contributed by atoms with Crippen LogP contribution in [0.2, 0.25) is 5.02 Å². The van der Waals surface area contributed by atoms with Gasteiger partial charge in [-0.2, -0.15) is 0 Å². The first-order valence-corrected chi connectivity index (χ1v) is 4.87. The monoisotopic (exact) mass is 197 g/mol. The lowest BCUT2D eigenvalue weighted by molar-refractivity contribution is 0.457. The summed E-state index contributed by atoms with van der Waals surface area (Å²) in [5.41, 5.74) is 0.960. The maximum absolute atomic E-state index is 9.63. The fraction of sp³-hybridized carbons (Fsp3) is 0.400. The van der Waals surface area contributed by atoms with Crippen molar-refractivity contribution in [3.63, 3.8) is 0 Å².